The van der Waals surface area contributed by atoms with Gasteiger partial charge in [0.1, 0.15) is 17.1 Å². The van der Waals surface area contributed by atoms with E-state index in [2.05, 4.69) is 25.7 Å². The first-order chi connectivity index (χ1) is 17.6. The maximum absolute atomic E-state index is 13.6. The molecule has 0 atom stereocenters. The lowest BCUT2D eigenvalue weighted by Crippen LogP contribution is -2.28. The van der Waals surface area contributed by atoms with Crippen molar-refractivity contribution in [1.82, 2.24) is 4.90 Å². The molecule has 3 rings (SSSR count). The number of furan rings is 1. The number of fused-ring (bicyclic) bond motifs is 1. The van der Waals surface area contributed by atoms with Gasteiger partial charge in [-0.05, 0) is 80.7 Å². The Labute approximate surface area is 216 Å². The van der Waals surface area contributed by atoms with Gasteiger partial charge in [0, 0.05) is 23.9 Å². The summed E-state index contributed by atoms with van der Waals surface area (Å²) < 4.78 is 12.1. The van der Waals surface area contributed by atoms with Gasteiger partial charge in [-0.1, -0.05) is 46.1 Å². The van der Waals surface area contributed by atoms with Gasteiger partial charge in [0.15, 0.2) is 5.78 Å². The molecule has 0 aliphatic rings. The highest BCUT2D eigenvalue weighted by Gasteiger charge is 2.22. The van der Waals surface area contributed by atoms with Gasteiger partial charge in [0.25, 0.3) is 0 Å². The van der Waals surface area contributed by atoms with E-state index in [1.165, 1.54) is 25.7 Å². The van der Waals surface area contributed by atoms with Crippen LogP contribution in [0.4, 0.5) is 0 Å². The molecule has 0 unspecified atom stereocenters. The molecule has 0 saturated carbocycles. The Kier molecular flexibility index (Phi) is 11.5. The number of rotatable bonds is 17. The standard InChI is InChI=1S/C31H43NO4/c1-4-7-11-29-30(27-22-24(23-33)12-17-28(27)36-29)31(34)25-13-15-26(16-14-25)35-21-10-20-32(18-8-5-2)19-9-6-3/h12-17,22,33H,4-11,18-21,23H2,1-3H3. The topological polar surface area (TPSA) is 62.9 Å². The second kappa shape index (κ2) is 14.8. The number of nitrogens with zero attached hydrogens (tertiary/aromatic N) is 1. The highest BCUT2D eigenvalue weighted by Crippen LogP contribution is 2.31. The number of ketones is 1. The number of aliphatic hydroxyl groups excluding tert-OH is 1. The lowest BCUT2D eigenvalue weighted by atomic mass is 9.97. The second-order valence-corrected chi connectivity index (χ2v) is 9.60. The minimum absolute atomic E-state index is 0.0519. The number of aliphatic hydroxyl groups is 1. The zero-order valence-corrected chi connectivity index (χ0v) is 22.4. The number of aryl methyl sites for hydroxylation is 1. The molecular formula is C31H43NO4. The fourth-order valence-electron chi connectivity index (χ4n) is 4.48. The third-order valence-electron chi connectivity index (χ3n) is 6.65. The van der Waals surface area contributed by atoms with E-state index in [1.807, 2.05) is 42.5 Å². The van der Waals surface area contributed by atoms with Gasteiger partial charge in [0.05, 0.1) is 18.8 Å². The molecular weight excluding hydrogens is 450 g/mol. The molecule has 0 aliphatic carbocycles. The molecule has 5 heteroatoms. The van der Waals surface area contributed by atoms with Crippen molar-refractivity contribution in [2.75, 3.05) is 26.2 Å². The molecule has 0 spiro atoms. The number of hydrogen-bond donors (Lipinski definition) is 1. The molecule has 0 radical (unpaired) electrons. The molecule has 1 N–H and O–H groups in total. The summed E-state index contributed by atoms with van der Waals surface area (Å²) in [6, 6.07) is 13.0. The summed E-state index contributed by atoms with van der Waals surface area (Å²) in [7, 11) is 0. The molecule has 36 heavy (non-hydrogen) atoms. The normalized spacial score (nSPS) is 11.5. The number of benzene rings is 2. The van der Waals surface area contributed by atoms with E-state index in [1.54, 1.807) is 0 Å². The van der Waals surface area contributed by atoms with E-state index in [4.69, 9.17) is 9.15 Å². The van der Waals surface area contributed by atoms with Crippen LogP contribution in [0.3, 0.4) is 0 Å². The van der Waals surface area contributed by atoms with Crippen LogP contribution < -0.4 is 4.74 Å². The van der Waals surface area contributed by atoms with Gasteiger partial charge in [0.2, 0.25) is 0 Å². The highest BCUT2D eigenvalue weighted by atomic mass is 16.5. The van der Waals surface area contributed by atoms with Crippen molar-refractivity contribution in [1.29, 1.82) is 0 Å². The fourth-order valence-corrected chi connectivity index (χ4v) is 4.48. The number of hydrogen-bond acceptors (Lipinski definition) is 5. The van der Waals surface area contributed by atoms with Gasteiger partial charge in [-0.15, -0.1) is 0 Å². The fraction of sp³-hybridized carbons (Fsp3) is 0.516. The first-order valence-electron chi connectivity index (χ1n) is 13.8. The van der Waals surface area contributed by atoms with Crippen LogP contribution in [-0.4, -0.2) is 42.0 Å². The van der Waals surface area contributed by atoms with Crippen LogP contribution in [-0.2, 0) is 13.0 Å². The van der Waals surface area contributed by atoms with Crippen LogP contribution in [0.5, 0.6) is 5.75 Å². The Bertz CT molecular complexity index is 1060. The SMILES string of the molecule is CCCCc1oc2ccc(CO)cc2c1C(=O)c1ccc(OCCCN(CCCC)CCCC)cc1. The van der Waals surface area contributed by atoms with E-state index in [-0.39, 0.29) is 12.4 Å². The van der Waals surface area contributed by atoms with Crippen molar-refractivity contribution in [2.45, 2.75) is 78.7 Å². The first kappa shape index (κ1) is 27.9. The van der Waals surface area contributed by atoms with Crippen LogP contribution in [0.25, 0.3) is 11.0 Å². The van der Waals surface area contributed by atoms with Crippen LogP contribution >= 0.6 is 0 Å². The van der Waals surface area contributed by atoms with E-state index >= 15 is 0 Å². The minimum Gasteiger partial charge on any atom is -0.494 e. The molecule has 0 fully saturated rings. The Balaban J connectivity index is 1.65. The predicted molar refractivity (Wildman–Crippen MR) is 147 cm³/mol. The van der Waals surface area contributed by atoms with E-state index in [9.17, 15) is 9.90 Å². The largest absolute Gasteiger partial charge is 0.494 e. The number of unbranched alkanes of at least 4 members (excludes halogenated alkanes) is 3. The van der Waals surface area contributed by atoms with E-state index in [0.29, 0.717) is 23.3 Å². The van der Waals surface area contributed by atoms with Crippen molar-refractivity contribution in [2.24, 2.45) is 0 Å². The molecule has 196 valence electrons. The molecule has 2 aromatic carbocycles. The first-order valence-corrected chi connectivity index (χ1v) is 13.8. The van der Waals surface area contributed by atoms with Crippen LogP contribution in [0.1, 0.15) is 93.0 Å². The third-order valence-corrected chi connectivity index (χ3v) is 6.65. The summed E-state index contributed by atoms with van der Waals surface area (Å²) in [5.41, 5.74) is 2.68. The molecule has 3 aromatic rings. The van der Waals surface area contributed by atoms with Crippen LogP contribution in [0.15, 0.2) is 46.9 Å². The average molecular weight is 494 g/mol. The summed E-state index contributed by atoms with van der Waals surface area (Å²) in [4.78, 5) is 16.1. The number of carbonyl (C=O) groups excluding carboxylic acids is 1. The lowest BCUT2D eigenvalue weighted by Gasteiger charge is -2.21. The average Bonchev–Trinajstić information content (AvgIpc) is 3.28. The summed E-state index contributed by atoms with van der Waals surface area (Å²) in [6.07, 6.45) is 8.62. The summed E-state index contributed by atoms with van der Waals surface area (Å²) in [5.74, 6) is 1.46. The van der Waals surface area contributed by atoms with Crippen molar-refractivity contribution in [3.8, 4) is 5.75 Å². The molecule has 5 nitrogen and oxygen atoms in total. The Morgan fingerprint density at radius 2 is 1.56 bits per heavy atom. The molecule has 1 aromatic heterocycles. The third kappa shape index (κ3) is 7.68. The maximum Gasteiger partial charge on any atom is 0.197 e. The molecule has 1 heterocycles. The van der Waals surface area contributed by atoms with Gasteiger partial charge in [-0.3, -0.25) is 4.79 Å². The van der Waals surface area contributed by atoms with E-state index in [0.717, 1.165) is 67.8 Å². The minimum atomic E-state index is -0.0694. The van der Waals surface area contributed by atoms with Crippen LogP contribution in [0.2, 0.25) is 0 Å². The Morgan fingerprint density at radius 3 is 2.19 bits per heavy atom. The molecule has 0 saturated heterocycles. The Hall–Kier alpha value is -2.63. The monoisotopic (exact) mass is 493 g/mol. The number of ether oxygens (including phenoxy) is 1. The number of carbonyl (C=O) groups is 1. The molecule has 0 bridgehead atoms. The Morgan fingerprint density at radius 1 is 0.889 bits per heavy atom. The van der Waals surface area contributed by atoms with Crippen LogP contribution in [0, 0.1) is 0 Å². The summed E-state index contributed by atoms with van der Waals surface area (Å²) in [5, 5.41) is 10.4. The van der Waals surface area contributed by atoms with Gasteiger partial charge < -0.3 is 19.2 Å². The van der Waals surface area contributed by atoms with Crippen molar-refractivity contribution < 1.29 is 19.1 Å². The molecule has 0 aliphatic heterocycles. The predicted octanol–water partition coefficient (Wildman–Crippen LogP) is 7.17. The van der Waals surface area contributed by atoms with Gasteiger partial charge >= 0.3 is 0 Å². The summed E-state index contributed by atoms with van der Waals surface area (Å²) >= 11 is 0. The summed E-state index contributed by atoms with van der Waals surface area (Å²) in [6.45, 7) is 10.6. The van der Waals surface area contributed by atoms with Gasteiger partial charge in [-0.25, -0.2) is 0 Å². The molecule has 0 amide bonds. The van der Waals surface area contributed by atoms with Gasteiger partial charge in [-0.2, -0.15) is 0 Å². The zero-order valence-electron chi connectivity index (χ0n) is 22.4. The van der Waals surface area contributed by atoms with Crippen molar-refractivity contribution in [3.05, 3.63) is 64.9 Å². The maximum atomic E-state index is 13.6. The zero-order chi connectivity index (χ0) is 25.8. The smallest absolute Gasteiger partial charge is 0.197 e. The second-order valence-electron chi connectivity index (χ2n) is 9.60. The van der Waals surface area contributed by atoms with Crippen molar-refractivity contribution >= 4 is 16.8 Å². The van der Waals surface area contributed by atoms with Crippen molar-refractivity contribution in [3.63, 3.8) is 0 Å². The highest BCUT2D eigenvalue weighted by molar-refractivity contribution is 6.17. The lowest BCUT2D eigenvalue weighted by molar-refractivity contribution is 0.103. The quantitative estimate of drug-likeness (QED) is 0.159. The van der Waals surface area contributed by atoms with E-state index < -0.39 is 0 Å².